The van der Waals surface area contributed by atoms with E-state index in [0.717, 1.165) is 5.56 Å². The highest BCUT2D eigenvalue weighted by atomic mass is 79.9. The molecule has 0 atom stereocenters. The highest BCUT2D eigenvalue weighted by molar-refractivity contribution is 9.10. The van der Waals surface area contributed by atoms with Crippen LogP contribution in [0.1, 0.15) is 23.0 Å². The molecule has 1 fully saturated rings. The molecule has 2 aliphatic rings. The van der Waals surface area contributed by atoms with Gasteiger partial charge in [0.2, 0.25) is 15.9 Å². The molecule has 0 radical (unpaired) electrons. The Morgan fingerprint density at radius 2 is 1.83 bits per heavy atom. The van der Waals surface area contributed by atoms with Crippen molar-refractivity contribution in [3.05, 3.63) is 46.3 Å². The number of piperazine rings is 1. The molecule has 2 amide bonds. The average molecular weight is 482 g/mol. The van der Waals surface area contributed by atoms with E-state index in [4.69, 9.17) is 4.42 Å². The van der Waals surface area contributed by atoms with Crippen LogP contribution in [0.15, 0.2) is 44.3 Å². The van der Waals surface area contributed by atoms with Crippen LogP contribution < -0.4 is 4.90 Å². The fourth-order valence-corrected chi connectivity index (χ4v) is 6.23. The van der Waals surface area contributed by atoms with Crippen LogP contribution in [-0.2, 0) is 21.2 Å². The smallest absolute Gasteiger partial charge is 0.289 e. The molecule has 0 N–H and O–H groups in total. The lowest BCUT2D eigenvalue weighted by molar-refractivity contribution is -0.116. The number of rotatable bonds is 3. The largest absolute Gasteiger partial charge is 0.459 e. The number of furan rings is 1. The van der Waals surface area contributed by atoms with E-state index in [9.17, 15) is 18.0 Å². The molecule has 2 aromatic rings. The SMILES string of the molecule is CC(=O)N1CCc2cc(Br)c(S(=O)(=O)N3CCN(C(=O)c4ccco4)CC3)cc21. The molecule has 10 heteroatoms. The number of fused-ring (bicyclic) bond motifs is 1. The Kier molecular flexibility index (Phi) is 5.26. The molecule has 0 unspecified atom stereocenters. The van der Waals surface area contributed by atoms with Gasteiger partial charge in [-0.25, -0.2) is 8.42 Å². The van der Waals surface area contributed by atoms with Gasteiger partial charge in [0.1, 0.15) is 0 Å². The van der Waals surface area contributed by atoms with Gasteiger partial charge in [0.05, 0.1) is 11.2 Å². The fraction of sp³-hybridized carbons (Fsp3) is 0.368. The minimum Gasteiger partial charge on any atom is -0.459 e. The van der Waals surface area contributed by atoms with Gasteiger partial charge in [-0.2, -0.15) is 4.31 Å². The minimum absolute atomic E-state index is 0.112. The molecular weight excluding hydrogens is 462 g/mol. The first-order valence-electron chi connectivity index (χ1n) is 9.22. The monoisotopic (exact) mass is 481 g/mol. The summed E-state index contributed by atoms with van der Waals surface area (Å²) in [5.41, 5.74) is 1.59. The molecule has 29 heavy (non-hydrogen) atoms. The summed E-state index contributed by atoms with van der Waals surface area (Å²) in [6.45, 7) is 2.96. The summed E-state index contributed by atoms with van der Waals surface area (Å²) < 4.78 is 33.5. The lowest BCUT2D eigenvalue weighted by Crippen LogP contribution is -2.50. The van der Waals surface area contributed by atoms with Gasteiger partial charge < -0.3 is 14.2 Å². The van der Waals surface area contributed by atoms with Gasteiger partial charge in [0.15, 0.2) is 5.76 Å². The highest BCUT2D eigenvalue weighted by Crippen LogP contribution is 2.36. The van der Waals surface area contributed by atoms with Gasteiger partial charge in [-0.3, -0.25) is 9.59 Å². The molecule has 1 aromatic heterocycles. The Hall–Kier alpha value is -2.17. The van der Waals surface area contributed by atoms with E-state index in [1.165, 1.54) is 17.5 Å². The molecule has 1 aromatic carbocycles. The second-order valence-corrected chi connectivity index (χ2v) is 9.77. The van der Waals surface area contributed by atoms with Crippen molar-refractivity contribution in [1.82, 2.24) is 9.21 Å². The van der Waals surface area contributed by atoms with E-state index in [1.807, 2.05) is 0 Å². The predicted octanol–water partition coefficient (Wildman–Crippen LogP) is 2.10. The van der Waals surface area contributed by atoms with Crippen LogP contribution in [-0.4, -0.2) is 62.2 Å². The van der Waals surface area contributed by atoms with Crippen LogP contribution >= 0.6 is 15.9 Å². The van der Waals surface area contributed by atoms with Gasteiger partial charge in [-0.05, 0) is 52.2 Å². The van der Waals surface area contributed by atoms with E-state index in [0.29, 0.717) is 23.1 Å². The molecule has 0 saturated carbocycles. The van der Waals surface area contributed by atoms with E-state index in [2.05, 4.69) is 15.9 Å². The second kappa shape index (κ2) is 7.58. The number of nitrogens with zero attached hydrogens (tertiary/aromatic N) is 3. The van der Waals surface area contributed by atoms with E-state index in [1.54, 1.807) is 34.1 Å². The number of hydrogen-bond donors (Lipinski definition) is 0. The van der Waals surface area contributed by atoms with Gasteiger partial charge in [0, 0.05) is 49.8 Å². The maximum atomic E-state index is 13.3. The van der Waals surface area contributed by atoms with Crippen molar-refractivity contribution in [3.8, 4) is 0 Å². The van der Waals surface area contributed by atoms with Crippen molar-refractivity contribution in [1.29, 1.82) is 0 Å². The van der Waals surface area contributed by atoms with Gasteiger partial charge >= 0.3 is 0 Å². The summed E-state index contributed by atoms with van der Waals surface area (Å²) >= 11 is 3.38. The highest BCUT2D eigenvalue weighted by Gasteiger charge is 2.34. The topological polar surface area (TPSA) is 91.1 Å². The van der Waals surface area contributed by atoms with E-state index < -0.39 is 10.0 Å². The maximum absolute atomic E-state index is 13.3. The number of benzene rings is 1. The van der Waals surface area contributed by atoms with Crippen molar-refractivity contribution in [2.24, 2.45) is 0 Å². The summed E-state index contributed by atoms with van der Waals surface area (Å²) in [5.74, 6) is -0.116. The first-order valence-corrected chi connectivity index (χ1v) is 11.5. The van der Waals surface area contributed by atoms with Crippen LogP contribution in [0.4, 0.5) is 5.69 Å². The zero-order valence-electron chi connectivity index (χ0n) is 15.8. The minimum atomic E-state index is -3.78. The van der Waals surface area contributed by atoms with Crippen molar-refractivity contribution in [3.63, 3.8) is 0 Å². The first-order chi connectivity index (χ1) is 13.8. The Labute approximate surface area is 177 Å². The fourth-order valence-electron chi connectivity index (χ4n) is 3.74. The molecule has 0 bridgehead atoms. The normalized spacial score (nSPS) is 17.4. The van der Waals surface area contributed by atoms with Crippen LogP contribution in [0.2, 0.25) is 0 Å². The quantitative estimate of drug-likeness (QED) is 0.669. The van der Waals surface area contributed by atoms with Crippen LogP contribution in [0.25, 0.3) is 0 Å². The third kappa shape index (κ3) is 3.60. The van der Waals surface area contributed by atoms with Crippen LogP contribution in [0.5, 0.6) is 0 Å². The molecule has 4 rings (SSSR count). The van der Waals surface area contributed by atoms with Crippen molar-refractivity contribution in [2.45, 2.75) is 18.2 Å². The molecule has 2 aliphatic heterocycles. The van der Waals surface area contributed by atoms with Crippen LogP contribution in [0.3, 0.4) is 0 Å². The molecule has 0 aliphatic carbocycles. The summed E-state index contributed by atoms with van der Waals surface area (Å²) in [6.07, 6.45) is 2.13. The summed E-state index contributed by atoms with van der Waals surface area (Å²) in [4.78, 5) is 27.6. The van der Waals surface area contributed by atoms with E-state index in [-0.39, 0.29) is 48.6 Å². The van der Waals surface area contributed by atoms with Gasteiger partial charge in [-0.15, -0.1) is 0 Å². The number of halogens is 1. The van der Waals surface area contributed by atoms with Crippen molar-refractivity contribution >= 4 is 43.5 Å². The zero-order chi connectivity index (χ0) is 20.8. The van der Waals surface area contributed by atoms with E-state index >= 15 is 0 Å². The van der Waals surface area contributed by atoms with Crippen molar-refractivity contribution in [2.75, 3.05) is 37.6 Å². The zero-order valence-corrected chi connectivity index (χ0v) is 18.2. The predicted molar refractivity (Wildman–Crippen MR) is 109 cm³/mol. The second-order valence-electron chi connectivity index (χ2n) is 7.01. The summed E-state index contributed by atoms with van der Waals surface area (Å²) in [5, 5.41) is 0. The van der Waals surface area contributed by atoms with Gasteiger partial charge in [0.25, 0.3) is 5.91 Å². The number of carbonyl (C=O) groups excluding carboxylic acids is 2. The number of amides is 2. The lowest BCUT2D eigenvalue weighted by Gasteiger charge is -2.33. The Balaban J connectivity index is 1.55. The number of anilines is 1. The molecule has 154 valence electrons. The number of hydrogen-bond acceptors (Lipinski definition) is 5. The number of carbonyl (C=O) groups is 2. The average Bonchev–Trinajstić information content (AvgIpc) is 3.36. The third-order valence-corrected chi connectivity index (χ3v) is 8.14. The molecule has 1 saturated heterocycles. The summed E-state index contributed by atoms with van der Waals surface area (Å²) in [6, 6.07) is 6.59. The van der Waals surface area contributed by atoms with Gasteiger partial charge in [-0.1, -0.05) is 0 Å². The standard InChI is InChI=1S/C19H20BrN3O5S/c1-13(24)23-5-4-14-11-15(20)18(12-16(14)23)29(26,27)22-8-6-21(7-9-22)19(25)17-3-2-10-28-17/h2-3,10-12H,4-9H2,1H3. The maximum Gasteiger partial charge on any atom is 0.289 e. The van der Waals surface area contributed by atoms with Crippen LogP contribution in [0, 0.1) is 0 Å². The Morgan fingerprint density at radius 1 is 1.10 bits per heavy atom. The Bertz CT molecular complexity index is 1060. The molecular formula is C19H20BrN3O5S. The molecule has 8 nitrogen and oxygen atoms in total. The molecule has 0 spiro atoms. The first kappa shape index (κ1) is 20.1. The van der Waals surface area contributed by atoms with Crippen molar-refractivity contribution < 1.29 is 22.4 Å². The summed E-state index contributed by atoms with van der Waals surface area (Å²) in [7, 11) is -3.78. The Morgan fingerprint density at radius 3 is 2.45 bits per heavy atom. The number of sulfonamides is 1. The third-order valence-electron chi connectivity index (χ3n) is 5.28. The molecule has 3 heterocycles. The lowest BCUT2D eigenvalue weighted by atomic mass is 10.2.